The Morgan fingerprint density at radius 2 is 1.56 bits per heavy atom. The molecule has 0 bridgehead atoms. The van der Waals surface area contributed by atoms with Crippen molar-refractivity contribution >= 4 is 21.9 Å². The number of para-hydroxylation sites is 1. The molecule has 0 N–H and O–H groups in total. The second-order valence-electron chi connectivity index (χ2n) is 7.59. The molecule has 0 aliphatic carbocycles. The van der Waals surface area contributed by atoms with E-state index in [-0.39, 0.29) is 20.1 Å². The summed E-state index contributed by atoms with van der Waals surface area (Å²) in [4.78, 5) is 8.70. The second kappa shape index (κ2) is 11.0. The van der Waals surface area contributed by atoms with Gasteiger partial charge in [-0.3, -0.25) is 0 Å². The van der Waals surface area contributed by atoms with Gasteiger partial charge in [0, 0.05) is 37.9 Å². The fraction of sp³-hybridized carbons (Fsp3) is 0.0667. The topological polar surface area (TPSA) is 38.9 Å². The Hall–Kier alpha value is -3.59. The SMILES string of the molecule is CCc1ccnc(-c2[c-]ccc3c2oc2ccccc23)c1.[Ir].[c-]1ccccc1-c1ccccn1. The molecule has 3 heterocycles. The molecule has 0 fully saturated rings. The van der Waals surface area contributed by atoms with Crippen molar-refractivity contribution in [2.75, 3.05) is 0 Å². The van der Waals surface area contributed by atoms with Gasteiger partial charge in [-0.25, -0.2) is 0 Å². The number of pyridine rings is 2. The van der Waals surface area contributed by atoms with E-state index in [1.54, 1.807) is 6.20 Å². The van der Waals surface area contributed by atoms with Crippen molar-refractivity contribution < 1.29 is 24.5 Å². The van der Waals surface area contributed by atoms with Gasteiger partial charge in [-0.1, -0.05) is 59.8 Å². The van der Waals surface area contributed by atoms with Gasteiger partial charge in [-0.15, -0.1) is 54.1 Å². The van der Waals surface area contributed by atoms with Crippen molar-refractivity contribution in [3.05, 3.63) is 121 Å². The third-order valence-electron chi connectivity index (χ3n) is 5.48. The summed E-state index contributed by atoms with van der Waals surface area (Å²) in [6, 6.07) is 36.3. The minimum atomic E-state index is 0. The average Bonchev–Trinajstić information content (AvgIpc) is 3.29. The molecule has 6 rings (SSSR count). The van der Waals surface area contributed by atoms with Crippen molar-refractivity contribution in [1.29, 1.82) is 0 Å². The molecule has 3 nitrogen and oxygen atoms in total. The smallest absolute Gasteiger partial charge is 0.120 e. The van der Waals surface area contributed by atoms with Gasteiger partial charge < -0.3 is 14.4 Å². The number of rotatable bonds is 3. The molecular weight excluding hydrogens is 597 g/mol. The molecule has 3 aromatic carbocycles. The van der Waals surface area contributed by atoms with Gasteiger partial charge in [-0.2, -0.15) is 0 Å². The summed E-state index contributed by atoms with van der Waals surface area (Å²) >= 11 is 0. The van der Waals surface area contributed by atoms with Crippen LogP contribution in [0.1, 0.15) is 12.5 Å². The van der Waals surface area contributed by atoms with E-state index in [1.807, 2.05) is 85.1 Å². The summed E-state index contributed by atoms with van der Waals surface area (Å²) < 4.78 is 6.04. The van der Waals surface area contributed by atoms with E-state index in [2.05, 4.69) is 41.2 Å². The van der Waals surface area contributed by atoms with Crippen LogP contribution in [0.3, 0.4) is 0 Å². The molecule has 169 valence electrons. The summed E-state index contributed by atoms with van der Waals surface area (Å²) in [6.45, 7) is 2.14. The van der Waals surface area contributed by atoms with Crippen LogP contribution >= 0.6 is 0 Å². The van der Waals surface area contributed by atoms with Gasteiger partial charge in [0.1, 0.15) is 5.58 Å². The second-order valence-corrected chi connectivity index (χ2v) is 7.59. The Labute approximate surface area is 212 Å². The Bertz CT molecular complexity index is 1460. The molecule has 6 aromatic rings. The van der Waals surface area contributed by atoms with Crippen LogP contribution in [0.5, 0.6) is 0 Å². The van der Waals surface area contributed by atoms with E-state index < -0.39 is 0 Å². The van der Waals surface area contributed by atoms with Crippen molar-refractivity contribution in [2.45, 2.75) is 13.3 Å². The van der Waals surface area contributed by atoms with Crippen LogP contribution in [0.15, 0.2) is 108 Å². The van der Waals surface area contributed by atoms with Crippen molar-refractivity contribution in [1.82, 2.24) is 9.97 Å². The third-order valence-corrected chi connectivity index (χ3v) is 5.48. The molecule has 0 amide bonds. The fourth-order valence-electron chi connectivity index (χ4n) is 3.79. The van der Waals surface area contributed by atoms with Gasteiger partial charge in [-0.05, 0) is 36.0 Å². The number of nitrogens with zero attached hydrogens (tertiary/aromatic N) is 2. The summed E-state index contributed by atoms with van der Waals surface area (Å²) in [6.07, 6.45) is 4.63. The standard InChI is InChI=1S/C19H14NO.C11H8N.Ir/c1-2-13-10-11-20-17(12-13)16-8-5-7-15-14-6-3-4-9-18(14)21-19(15)16;1-2-6-10(7-3-1)11-8-4-5-9-12-11;/h3-7,9-12H,2H2,1H3;1-6,8-9H;/q2*-1;. The first kappa shape index (κ1) is 23.6. The molecule has 4 heteroatoms. The van der Waals surface area contributed by atoms with E-state index in [0.717, 1.165) is 50.9 Å². The van der Waals surface area contributed by atoms with Gasteiger partial charge >= 0.3 is 0 Å². The fourth-order valence-corrected chi connectivity index (χ4v) is 3.79. The largest absolute Gasteiger partial charge is 0.501 e. The monoisotopic (exact) mass is 619 g/mol. The number of furan rings is 1. The molecule has 0 aliphatic rings. The van der Waals surface area contributed by atoms with E-state index in [9.17, 15) is 0 Å². The predicted octanol–water partition coefficient (Wildman–Crippen LogP) is 7.56. The van der Waals surface area contributed by atoms with Crippen molar-refractivity contribution in [2.24, 2.45) is 0 Å². The number of aryl methyl sites for hydroxylation is 1. The van der Waals surface area contributed by atoms with E-state index in [4.69, 9.17) is 4.42 Å². The van der Waals surface area contributed by atoms with E-state index in [1.165, 1.54) is 5.56 Å². The van der Waals surface area contributed by atoms with Crippen LogP contribution in [0, 0.1) is 12.1 Å². The Balaban J connectivity index is 0.000000180. The molecule has 3 aromatic heterocycles. The zero-order valence-electron chi connectivity index (χ0n) is 18.7. The maximum Gasteiger partial charge on any atom is 0.120 e. The molecule has 34 heavy (non-hydrogen) atoms. The molecule has 0 saturated heterocycles. The van der Waals surface area contributed by atoms with Gasteiger partial charge in [0.05, 0.1) is 5.58 Å². The van der Waals surface area contributed by atoms with Gasteiger partial charge in [0.2, 0.25) is 0 Å². The Kier molecular flexibility index (Phi) is 7.64. The molecule has 0 unspecified atom stereocenters. The van der Waals surface area contributed by atoms with Crippen LogP contribution < -0.4 is 0 Å². The normalized spacial score (nSPS) is 10.4. The maximum atomic E-state index is 6.04. The van der Waals surface area contributed by atoms with Gasteiger partial charge in [0.25, 0.3) is 0 Å². The van der Waals surface area contributed by atoms with E-state index >= 15 is 0 Å². The summed E-state index contributed by atoms with van der Waals surface area (Å²) in [7, 11) is 0. The number of hydrogen-bond acceptors (Lipinski definition) is 3. The maximum absolute atomic E-state index is 6.04. The van der Waals surface area contributed by atoms with Crippen LogP contribution in [0.25, 0.3) is 44.5 Å². The molecule has 1 radical (unpaired) electrons. The molecule has 0 saturated carbocycles. The van der Waals surface area contributed by atoms with Crippen LogP contribution in [-0.2, 0) is 26.5 Å². The Morgan fingerprint density at radius 3 is 2.35 bits per heavy atom. The quantitative estimate of drug-likeness (QED) is 0.192. The number of benzene rings is 3. The summed E-state index contributed by atoms with van der Waals surface area (Å²) in [5.41, 5.74) is 6.88. The van der Waals surface area contributed by atoms with Crippen LogP contribution in [0.2, 0.25) is 0 Å². The molecule has 0 atom stereocenters. The minimum absolute atomic E-state index is 0. The summed E-state index contributed by atoms with van der Waals surface area (Å²) in [5, 5.41) is 2.25. The molecule has 0 aliphatic heterocycles. The van der Waals surface area contributed by atoms with Crippen LogP contribution in [0.4, 0.5) is 0 Å². The first-order valence-corrected chi connectivity index (χ1v) is 11.0. The first-order valence-electron chi connectivity index (χ1n) is 11.0. The van der Waals surface area contributed by atoms with Crippen molar-refractivity contribution in [3.8, 4) is 22.5 Å². The molecular formula is C30H22IrN2O-2. The number of aromatic nitrogens is 2. The van der Waals surface area contributed by atoms with Crippen LogP contribution in [-0.4, -0.2) is 9.97 Å². The third kappa shape index (κ3) is 4.99. The summed E-state index contributed by atoms with van der Waals surface area (Å²) in [5.74, 6) is 0. The Morgan fingerprint density at radius 1 is 0.735 bits per heavy atom. The zero-order chi connectivity index (χ0) is 22.5. The minimum Gasteiger partial charge on any atom is -0.501 e. The van der Waals surface area contributed by atoms with Gasteiger partial charge in [0.15, 0.2) is 0 Å². The first-order chi connectivity index (χ1) is 16.3. The molecule has 0 spiro atoms. The van der Waals surface area contributed by atoms with E-state index in [0.29, 0.717) is 0 Å². The predicted molar refractivity (Wildman–Crippen MR) is 134 cm³/mol. The zero-order valence-corrected chi connectivity index (χ0v) is 21.1. The van der Waals surface area contributed by atoms with Crippen molar-refractivity contribution in [3.63, 3.8) is 0 Å². The average molecular weight is 619 g/mol. The number of fused-ring (bicyclic) bond motifs is 3. The number of hydrogen-bond donors (Lipinski definition) is 0.